The SMILES string of the molecule is Fc1ccc(N2CCN(c3cncc(-c4ccoc4)n3)CC2)cc1. The molecule has 6 heteroatoms. The van der Waals surface area contributed by atoms with Crippen molar-refractivity contribution in [3.05, 3.63) is 61.1 Å². The molecule has 122 valence electrons. The molecule has 5 nitrogen and oxygen atoms in total. The van der Waals surface area contributed by atoms with Crippen LogP contribution in [0.1, 0.15) is 0 Å². The number of aromatic nitrogens is 2. The molecule has 1 aliphatic heterocycles. The van der Waals surface area contributed by atoms with E-state index in [0.29, 0.717) is 0 Å². The van der Waals surface area contributed by atoms with Crippen LogP contribution in [0, 0.1) is 5.82 Å². The van der Waals surface area contributed by atoms with Gasteiger partial charge >= 0.3 is 0 Å². The van der Waals surface area contributed by atoms with Crippen LogP contribution in [0.15, 0.2) is 59.7 Å². The Labute approximate surface area is 139 Å². The number of anilines is 2. The van der Waals surface area contributed by atoms with Crippen LogP contribution in [0.4, 0.5) is 15.9 Å². The number of nitrogens with zero attached hydrogens (tertiary/aromatic N) is 4. The van der Waals surface area contributed by atoms with Crippen LogP contribution in [-0.4, -0.2) is 36.1 Å². The summed E-state index contributed by atoms with van der Waals surface area (Å²) in [5, 5.41) is 0. The van der Waals surface area contributed by atoms with Gasteiger partial charge in [-0.2, -0.15) is 0 Å². The fraction of sp³-hybridized carbons (Fsp3) is 0.222. The number of hydrogen-bond donors (Lipinski definition) is 0. The van der Waals surface area contributed by atoms with Gasteiger partial charge in [0.1, 0.15) is 11.6 Å². The minimum atomic E-state index is -0.205. The number of rotatable bonds is 3. The molecule has 0 unspecified atom stereocenters. The summed E-state index contributed by atoms with van der Waals surface area (Å²) in [5.74, 6) is 0.663. The zero-order chi connectivity index (χ0) is 16.4. The highest BCUT2D eigenvalue weighted by Gasteiger charge is 2.19. The fourth-order valence-corrected chi connectivity index (χ4v) is 2.90. The molecule has 0 atom stereocenters. The molecule has 1 fully saturated rings. The summed E-state index contributed by atoms with van der Waals surface area (Å²) in [4.78, 5) is 13.5. The van der Waals surface area contributed by atoms with Crippen LogP contribution < -0.4 is 9.80 Å². The first-order chi connectivity index (χ1) is 11.8. The average Bonchev–Trinajstić information content (AvgIpc) is 3.17. The van der Waals surface area contributed by atoms with E-state index in [2.05, 4.69) is 19.8 Å². The second kappa shape index (κ2) is 6.31. The lowest BCUT2D eigenvalue weighted by atomic mass is 10.2. The Morgan fingerprint density at radius 1 is 0.917 bits per heavy atom. The van der Waals surface area contributed by atoms with Crippen molar-refractivity contribution in [2.75, 3.05) is 36.0 Å². The molecule has 2 aromatic heterocycles. The van der Waals surface area contributed by atoms with Crippen LogP contribution >= 0.6 is 0 Å². The van der Waals surface area contributed by atoms with Crippen molar-refractivity contribution < 1.29 is 8.81 Å². The van der Waals surface area contributed by atoms with Crippen LogP contribution in [0.5, 0.6) is 0 Å². The monoisotopic (exact) mass is 324 g/mol. The van der Waals surface area contributed by atoms with E-state index in [9.17, 15) is 4.39 Å². The van der Waals surface area contributed by atoms with Crippen molar-refractivity contribution in [3.8, 4) is 11.3 Å². The third-order valence-corrected chi connectivity index (χ3v) is 4.23. The summed E-state index contributed by atoms with van der Waals surface area (Å²) in [6.07, 6.45) is 6.83. The Balaban J connectivity index is 1.46. The highest BCUT2D eigenvalue weighted by atomic mass is 19.1. The summed E-state index contributed by atoms with van der Waals surface area (Å²) < 4.78 is 18.2. The van der Waals surface area contributed by atoms with Crippen molar-refractivity contribution in [2.45, 2.75) is 0 Å². The van der Waals surface area contributed by atoms with Gasteiger partial charge in [-0.25, -0.2) is 9.37 Å². The first kappa shape index (κ1) is 14.7. The summed E-state index contributed by atoms with van der Waals surface area (Å²) in [7, 11) is 0. The topological polar surface area (TPSA) is 45.4 Å². The quantitative estimate of drug-likeness (QED) is 0.740. The average molecular weight is 324 g/mol. The molecule has 4 rings (SSSR count). The van der Waals surface area contributed by atoms with E-state index in [0.717, 1.165) is 48.9 Å². The first-order valence-corrected chi connectivity index (χ1v) is 7.90. The lowest BCUT2D eigenvalue weighted by Crippen LogP contribution is -2.46. The van der Waals surface area contributed by atoms with E-state index in [1.54, 1.807) is 24.9 Å². The smallest absolute Gasteiger partial charge is 0.147 e. The Hall–Kier alpha value is -2.89. The van der Waals surface area contributed by atoms with Gasteiger partial charge in [0.2, 0.25) is 0 Å². The molecule has 0 saturated carbocycles. The van der Waals surface area contributed by atoms with Crippen molar-refractivity contribution in [2.24, 2.45) is 0 Å². The molecule has 1 aromatic carbocycles. The van der Waals surface area contributed by atoms with E-state index in [4.69, 9.17) is 4.42 Å². The van der Waals surface area contributed by atoms with Gasteiger partial charge in [0.05, 0.1) is 30.6 Å². The Kier molecular flexibility index (Phi) is 3.86. The molecular formula is C18H17FN4O. The highest BCUT2D eigenvalue weighted by Crippen LogP contribution is 2.22. The minimum Gasteiger partial charge on any atom is -0.472 e. The van der Waals surface area contributed by atoms with Gasteiger partial charge in [-0.05, 0) is 30.3 Å². The maximum Gasteiger partial charge on any atom is 0.147 e. The van der Waals surface area contributed by atoms with Crippen molar-refractivity contribution in [1.82, 2.24) is 9.97 Å². The maximum atomic E-state index is 13.0. The molecule has 0 bridgehead atoms. The molecule has 0 radical (unpaired) electrons. The number of benzene rings is 1. The normalized spacial score (nSPS) is 14.9. The third kappa shape index (κ3) is 2.95. The third-order valence-electron chi connectivity index (χ3n) is 4.23. The van der Waals surface area contributed by atoms with E-state index < -0.39 is 0 Å². The summed E-state index contributed by atoms with van der Waals surface area (Å²) in [6, 6.07) is 8.53. The zero-order valence-electron chi connectivity index (χ0n) is 13.1. The molecule has 3 heterocycles. The van der Waals surface area contributed by atoms with Crippen LogP contribution in [0.25, 0.3) is 11.3 Å². The highest BCUT2D eigenvalue weighted by molar-refractivity contribution is 5.59. The molecule has 0 spiro atoms. The van der Waals surface area contributed by atoms with Gasteiger partial charge in [0.15, 0.2) is 0 Å². The number of hydrogen-bond acceptors (Lipinski definition) is 5. The molecule has 1 aliphatic rings. The lowest BCUT2D eigenvalue weighted by molar-refractivity contribution is 0.568. The molecule has 24 heavy (non-hydrogen) atoms. The van der Waals surface area contributed by atoms with E-state index >= 15 is 0 Å². The summed E-state index contributed by atoms with van der Waals surface area (Å²) in [5.41, 5.74) is 2.78. The van der Waals surface area contributed by atoms with Crippen LogP contribution in [0.2, 0.25) is 0 Å². The molecule has 0 amide bonds. The van der Waals surface area contributed by atoms with Gasteiger partial charge in [0.25, 0.3) is 0 Å². The van der Waals surface area contributed by atoms with Gasteiger partial charge in [0, 0.05) is 37.4 Å². The number of halogens is 1. The Bertz CT molecular complexity index is 796. The van der Waals surface area contributed by atoms with Gasteiger partial charge < -0.3 is 14.2 Å². The largest absolute Gasteiger partial charge is 0.472 e. The van der Waals surface area contributed by atoms with E-state index in [1.165, 1.54) is 12.1 Å². The lowest BCUT2D eigenvalue weighted by Gasteiger charge is -2.36. The fourth-order valence-electron chi connectivity index (χ4n) is 2.90. The van der Waals surface area contributed by atoms with E-state index in [-0.39, 0.29) is 5.82 Å². The second-order valence-corrected chi connectivity index (χ2v) is 5.73. The van der Waals surface area contributed by atoms with Crippen molar-refractivity contribution >= 4 is 11.5 Å². The second-order valence-electron chi connectivity index (χ2n) is 5.73. The van der Waals surface area contributed by atoms with E-state index in [1.807, 2.05) is 18.2 Å². The molecular weight excluding hydrogens is 307 g/mol. The van der Waals surface area contributed by atoms with Crippen molar-refractivity contribution in [3.63, 3.8) is 0 Å². The predicted octanol–water partition coefficient (Wildman–Crippen LogP) is 3.20. The van der Waals surface area contributed by atoms with Crippen molar-refractivity contribution in [1.29, 1.82) is 0 Å². The summed E-state index contributed by atoms with van der Waals surface area (Å²) >= 11 is 0. The Morgan fingerprint density at radius 2 is 1.67 bits per heavy atom. The van der Waals surface area contributed by atoms with Gasteiger partial charge in [-0.3, -0.25) is 4.98 Å². The van der Waals surface area contributed by atoms with Gasteiger partial charge in [-0.1, -0.05) is 0 Å². The standard InChI is InChI=1S/C18H17FN4O/c19-15-1-3-16(4-2-15)22-6-8-23(9-7-22)18-12-20-11-17(21-18)14-5-10-24-13-14/h1-5,10-13H,6-9H2. The molecule has 0 N–H and O–H groups in total. The Morgan fingerprint density at radius 3 is 2.38 bits per heavy atom. The predicted molar refractivity (Wildman–Crippen MR) is 90.6 cm³/mol. The summed E-state index contributed by atoms with van der Waals surface area (Å²) in [6.45, 7) is 3.42. The minimum absolute atomic E-state index is 0.205. The number of piperazine rings is 1. The number of furan rings is 1. The molecule has 3 aromatic rings. The molecule has 0 aliphatic carbocycles. The van der Waals surface area contributed by atoms with Gasteiger partial charge in [-0.15, -0.1) is 0 Å². The first-order valence-electron chi connectivity index (χ1n) is 7.90. The zero-order valence-corrected chi connectivity index (χ0v) is 13.1. The maximum absolute atomic E-state index is 13.0. The van der Waals surface area contributed by atoms with Crippen LogP contribution in [0.3, 0.4) is 0 Å². The molecule has 1 saturated heterocycles. The van der Waals surface area contributed by atoms with Crippen LogP contribution in [-0.2, 0) is 0 Å².